The van der Waals surface area contributed by atoms with E-state index in [2.05, 4.69) is 10.3 Å². The number of nitrogens with one attached hydrogen (secondary N) is 1. The van der Waals surface area contributed by atoms with Gasteiger partial charge in [-0.2, -0.15) is 0 Å². The molecule has 0 saturated heterocycles. The van der Waals surface area contributed by atoms with E-state index in [9.17, 15) is 13.2 Å². The van der Waals surface area contributed by atoms with Gasteiger partial charge >= 0.3 is 6.03 Å². The van der Waals surface area contributed by atoms with Crippen LogP contribution in [0.4, 0.5) is 4.79 Å². The number of carbonyl (C=O) groups excluding carboxylic acids is 1. The first kappa shape index (κ1) is 18.8. The summed E-state index contributed by atoms with van der Waals surface area (Å²) >= 11 is 0. The summed E-state index contributed by atoms with van der Waals surface area (Å²) in [6, 6.07) is 12.2. The highest BCUT2D eigenvalue weighted by molar-refractivity contribution is 7.91. The Morgan fingerprint density at radius 2 is 1.86 bits per heavy atom. The minimum atomic E-state index is -3.77. The van der Waals surface area contributed by atoms with Crippen LogP contribution in [0.25, 0.3) is 11.1 Å². The minimum absolute atomic E-state index is 0.0679. The number of aromatic nitrogens is 1. The highest BCUT2D eigenvalue weighted by Crippen LogP contribution is 2.36. The summed E-state index contributed by atoms with van der Waals surface area (Å²) in [6.07, 6.45) is 3.20. The van der Waals surface area contributed by atoms with Gasteiger partial charge in [-0.05, 0) is 47.0 Å². The third-order valence-electron chi connectivity index (χ3n) is 4.47. The number of fused-ring (bicyclic) bond motifs is 1. The zero-order chi connectivity index (χ0) is 20.4. The Morgan fingerprint density at radius 1 is 1.07 bits per heavy atom. The number of benzene rings is 2. The molecule has 1 aromatic heterocycles. The van der Waals surface area contributed by atoms with Gasteiger partial charge in [-0.15, -0.1) is 0 Å². The summed E-state index contributed by atoms with van der Waals surface area (Å²) in [4.78, 5) is 15.4. The lowest BCUT2D eigenvalue weighted by atomic mass is 10.0. The van der Waals surface area contributed by atoms with Gasteiger partial charge in [0.2, 0.25) is 16.6 Å². The first-order valence-corrected chi connectivity index (χ1v) is 10.1. The summed E-state index contributed by atoms with van der Waals surface area (Å²) in [6.45, 7) is 0.246. The Labute approximate surface area is 167 Å². The lowest BCUT2D eigenvalue weighted by molar-refractivity contribution is 0.174. The summed E-state index contributed by atoms with van der Waals surface area (Å²) in [7, 11) is -3.77. The van der Waals surface area contributed by atoms with Crippen molar-refractivity contribution in [2.75, 3.05) is 6.79 Å². The van der Waals surface area contributed by atoms with Gasteiger partial charge in [0.15, 0.2) is 11.5 Å². The lowest BCUT2D eigenvalue weighted by Gasteiger charge is -2.11. The van der Waals surface area contributed by atoms with Crippen LogP contribution in [0.3, 0.4) is 0 Å². The van der Waals surface area contributed by atoms with E-state index in [0.717, 1.165) is 5.56 Å². The number of urea groups is 1. The van der Waals surface area contributed by atoms with E-state index in [1.165, 1.54) is 18.2 Å². The predicted molar refractivity (Wildman–Crippen MR) is 104 cm³/mol. The maximum absolute atomic E-state index is 13.1. The number of carbonyl (C=O) groups is 1. The van der Waals surface area contributed by atoms with Crippen LogP contribution >= 0.6 is 0 Å². The fraction of sp³-hybridized carbons (Fsp3) is 0.100. The van der Waals surface area contributed by atoms with Gasteiger partial charge < -0.3 is 20.5 Å². The van der Waals surface area contributed by atoms with E-state index >= 15 is 0 Å². The van der Waals surface area contributed by atoms with E-state index in [1.54, 1.807) is 42.7 Å². The van der Waals surface area contributed by atoms with Crippen molar-refractivity contribution >= 4 is 15.9 Å². The molecule has 0 unspecified atom stereocenters. The van der Waals surface area contributed by atoms with Gasteiger partial charge in [-0.1, -0.05) is 12.1 Å². The molecule has 4 rings (SSSR count). The average molecular weight is 411 g/mol. The second kappa shape index (κ2) is 7.44. The van der Waals surface area contributed by atoms with Crippen LogP contribution in [-0.4, -0.2) is 26.2 Å². The van der Waals surface area contributed by atoms with Gasteiger partial charge in [0.05, 0.1) is 9.79 Å². The number of pyridine rings is 1. The SMILES string of the molecule is NC(=O)NCc1cnccc1-c1cccc(S(=O)(=O)c2ccc3c(c2)OCO3)c1. The number of primary amides is 1. The quantitative estimate of drug-likeness (QED) is 0.665. The first-order chi connectivity index (χ1) is 13.9. The van der Waals surface area contributed by atoms with Gasteiger partial charge in [0.25, 0.3) is 0 Å². The fourth-order valence-corrected chi connectivity index (χ4v) is 4.36. The van der Waals surface area contributed by atoms with Crippen molar-refractivity contribution in [1.29, 1.82) is 0 Å². The Hall–Kier alpha value is -3.59. The minimum Gasteiger partial charge on any atom is -0.454 e. The van der Waals surface area contributed by atoms with Gasteiger partial charge in [-0.25, -0.2) is 13.2 Å². The molecule has 0 radical (unpaired) electrons. The van der Waals surface area contributed by atoms with Gasteiger partial charge in [0.1, 0.15) is 0 Å². The molecule has 0 bridgehead atoms. The number of hydrogen-bond acceptors (Lipinski definition) is 6. The molecule has 2 heterocycles. The molecule has 1 aliphatic rings. The Kier molecular flexibility index (Phi) is 4.81. The van der Waals surface area contributed by atoms with Gasteiger partial charge in [0, 0.05) is 25.0 Å². The zero-order valence-electron chi connectivity index (χ0n) is 15.2. The van der Waals surface area contributed by atoms with Crippen molar-refractivity contribution in [3.05, 3.63) is 66.5 Å². The first-order valence-electron chi connectivity index (χ1n) is 8.66. The topological polar surface area (TPSA) is 121 Å². The number of hydrogen-bond donors (Lipinski definition) is 2. The molecule has 2 aromatic carbocycles. The number of sulfone groups is 1. The van der Waals surface area contributed by atoms with Crippen molar-refractivity contribution in [3.8, 4) is 22.6 Å². The van der Waals surface area contributed by atoms with Crippen LogP contribution in [0, 0.1) is 0 Å². The molecule has 0 fully saturated rings. The molecule has 0 saturated carbocycles. The highest BCUT2D eigenvalue weighted by Gasteiger charge is 2.23. The molecule has 29 heavy (non-hydrogen) atoms. The van der Waals surface area contributed by atoms with Crippen LogP contribution in [0.15, 0.2) is 70.7 Å². The van der Waals surface area contributed by atoms with E-state index in [4.69, 9.17) is 15.2 Å². The maximum Gasteiger partial charge on any atom is 0.312 e. The second-order valence-corrected chi connectivity index (χ2v) is 8.25. The fourth-order valence-electron chi connectivity index (χ4n) is 3.04. The van der Waals surface area contributed by atoms with Crippen LogP contribution < -0.4 is 20.5 Å². The van der Waals surface area contributed by atoms with Crippen LogP contribution in [0.5, 0.6) is 11.5 Å². The molecular formula is C20H17N3O5S. The number of amides is 2. The molecule has 3 aromatic rings. The van der Waals surface area contributed by atoms with Crippen LogP contribution in [-0.2, 0) is 16.4 Å². The van der Waals surface area contributed by atoms with E-state index in [-0.39, 0.29) is 23.1 Å². The number of rotatable bonds is 5. The van der Waals surface area contributed by atoms with Gasteiger partial charge in [-0.3, -0.25) is 4.98 Å². The van der Waals surface area contributed by atoms with Crippen molar-refractivity contribution in [3.63, 3.8) is 0 Å². The average Bonchev–Trinajstić information content (AvgIpc) is 3.20. The van der Waals surface area contributed by atoms with Crippen LogP contribution in [0.2, 0.25) is 0 Å². The summed E-state index contributed by atoms with van der Waals surface area (Å²) in [5, 5.41) is 2.52. The van der Waals surface area contributed by atoms with Crippen molar-refractivity contribution in [2.45, 2.75) is 16.3 Å². The molecule has 3 N–H and O–H groups in total. The van der Waals surface area contributed by atoms with Crippen molar-refractivity contribution in [1.82, 2.24) is 10.3 Å². The molecule has 8 nitrogen and oxygen atoms in total. The molecule has 0 aliphatic carbocycles. The Morgan fingerprint density at radius 3 is 2.69 bits per heavy atom. The highest BCUT2D eigenvalue weighted by atomic mass is 32.2. The van der Waals surface area contributed by atoms with E-state index in [0.29, 0.717) is 22.6 Å². The van der Waals surface area contributed by atoms with E-state index in [1.807, 2.05) is 0 Å². The maximum atomic E-state index is 13.1. The second-order valence-electron chi connectivity index (χ2n) is 6.30. The van der Waals surface area contributed by atoms with E-state index < -0.39 is 15.9 Å². The standard InChI is InChI=1S/C20H17N3O5S/c21-20(24)23-11-14-10-22-7-6-17(14)13-2-1-3-15(8-13)29(25,26)16-4-5-18-19(9-16)28-12-27-18/h1-10H,11-12H2,(H3,21,23,24). The summed E-state index contributed by atoms with van der Waals surface area (Å²) in [5.41, 5.74) is 7.28. The monoisotopic (exact) mass is 411 g/mol. The normalized spacial score (nSPS) is 12.6. The third kappa shape index (κ3) is 3.72. The summed E-state index contributed by atoms with van der Waals surface area (Å²) < 4.78 is 36.8. The molecular weight excluding hydrogens is 394 g/mol. The Balaban J connectivity index is 1.72. The third-order valence-corrected chi connectivity index (χ3v) is 6.22. The smallest absolute Gasteiger partial charge is 0.312 e. The number of ether oxygens (including phenoxy) is 2. The largest absolute Gasteiger partial charge is 0.454 e. The molecule has 1 aliphatic heterocycles. The molecule has 0 spiro atoms. The van der Waals surface area contributed by atoms with Crippen molar-refractivity contribution in [2.24, 2.45) is 5.73 Å². The lowest BCUT2D eigenvalue weighted by Crippen LogP contribution is -2.28. The predicted octanol–water partition coefficient (Wildman–Crippen LogP) is 2.48. The molecule has 9 heteroatoms. The molecule has 148 valence electrons. The molecule has 0 atom stereocenters. The molecule has 2 amide bonds. The number of nitrogens with two attached hydrogens (primary N) is 1. The number of nitrogens with zero attached hydrogens (tertiary/aromatic N) is 1. The Bertz CT molecular complexity index is 1190. The van der Waals surface area contributed by atoms with Crippen molar-refractivity contribution < 1.29 is 22.7 Å². The zero-order valence-corrected chi connectivity index (χ0v) is 16.0. The van der Waals surface area contributed by atoms with Crippen LogP contribution in [0.1, 0.15) is 5.56 Å². The summed E-state index contributed by atoms with van der Waals surface area (Å²) in [5.74, 6) is 0.914.